The van der Waals surface area contributed by atoms with Crippen LogP contribution in [0.25, 0.3) is 0 Å². The number of piperazine rings is 1. The molecule has 1 N–H and O–H groups in total. The third-order valence-electron chi connectivity index (χ3n) is 9.93. The number of carbonyl (C=O) groups is 1. The maximum absolute atomic E-state index is 13.4. The minimum absolute atomic E-state index is 0.0486. The molecule has 34 heavy (non-hydrogen) atoms. The summed E-state index contributed by atoms with van der Waals surface area (Å²) in [6.07, 6.45) is 12.3. The van der Waals surface area contributed by atoms with Gasteiger partial charge in [-0.05, 0) is 68.1 Å². The summed E-state index contributed by atoms with van der Waals surface area (Å²) < 4.78 is 38.4. The predicted molar refractivity (Wildman–Crippen MR) is 132 cm³/mol. The van der Waals surface area contributed by atoms with Crippen LogP contribution < -0.4 is 0 Å². The molecule has 6 atom stereocenters. The second-order valence-electron chi connectivity index (χ2n) is 12.3. The van der Waals surface area contributed by atoms with Crippen molar-refractivity contribution in [3.8, 4) is 0 Å². The Morgan fingerprint density at radius 3 is 2.47 bits per heavy atom. The molecule has 8 heteroatoms. The summed E-state index contributed by atoms with van der Waals surface area (Å²) in [5.74, 6) is 2.13. The number of ketones is 1. The van der Waals surface area contributed by atoms with Gasteiger partial charge in [0.15, 0.2) is 0 Å². The van der Waals surface area contributed by atoms with Crippen LogP contribution in [0.3, 0.4) is 0 Å². The number of hydrogen-bond acceptors (Lipinski definition) is 5. The zero-order valence-corrected chi connectivity index (χ0v) is 22.0. The van der Waals surface area contributed by atoms with Crippen molar-refractivity contribution in [1.82, 2.24) is 9.21 Å². The predicted octanol–water partition coefficient (Wildman–Crippen LogP) is 3.64. The normalized spacial score (nSPS) is 40.2. The molecule has 0 amide bonds. The maximum atomic E-state index is 13.4. The third-order valence-corrected chi connectivity index (χ3v) is 11.2. The van der Waals surface area contributed by atoms with Crippen LogP contribution in [0.15, 0.2) is 0 Å². The molecule has 196 valence electrons. The van der Waals surface area contributed by atoms with Crippen molar-refractivity contribution in [2.45, 2.75) is 83.2 Å². The van der Waals surface area contributed by atoms with Gasteiger partial charge in [0, 0.05) is 32.1 Å². The number of halogens is 1. The number of carbonyl (C=O) groups excluding carboxylic acids is 1. The first-order chi connectivity index (χ1) is 16.0. The molecule has 4 fully saturated rings. The number of aliphatic hydroxyl groups is 1. The van der Waals surface area contributed by atoms with Crippen LogP contribution in [-0.4, -0.2) is 79.8 Å². The van der Waals surface area contributed by atoms with Gasteiger partial charge >= 0.3 is 0 Å². The van der Waals surface area contributed by atoms with Crippen molar-refractivity contribution in [2.75, 3.05) is 45.7 Å². The monoisotopic (exact) mass is 500 g/mol. The number of Topliss-reactive ketones (excluding diaryl/α,β-unsaturated/α-hetero) is 1. The molecule has 0 aromatic rings. The average molecular weight is 501 g/mol. The van der Waals surface area contributed by atoms with E-state index in [9.17, 15) is 22.7 Å². The highest BCUT2D eigenvalue weighted by atomic mass is 32.2. The lowest BCUT2D eigenvalue weighted by Crippen LogP contribution is -2.50. The maximum Gasteiger partial charge on any atom is 0.211 e. The number of alkyl halides is 1. The molecule has 3 aliphatic carbocycles. The van der Waals surface area contributed by atoms with Gasteiger partial charge in [-0.15, -0.1) is 0 Å². The van der Waals surface area contributed by atoms with E-state index in [-0.39, 0.29) is 11.3 Å². The Morgan fingerprint density at radius 1 is 1.06 bits per heavy atom. The molecule has 6 unspecified atom stereocenters. The lowest BCUT2D eigenvalue weighted by atomic mass is 9.60. The van der Waals surface area contributed by atoms with E-state index in [1.54, 1.807) is 0 Å². The quantitative estimate of drug-likeness (QED) is 0.551. The first kappa shape index (κ1) is 26.5. The third kappa shape index (κ3) is 5.87. The molecule has 3 saturated carbocycles. The summed E-state index contributed by atoms with van der Waals surface area (Å²) in [5, 5.41) is 10.5. The SMILES string of the molecule is CC1(CCC2CCCC3CC(O)(CF)CCC23)CCCC1C(=O)CN1CCN(S(C)(=O)=O)CC1. The number of hydrogen-bond donors (Lipinski definition) is 1. The molecule has 0 bridgehead atoms. The molecule has 4 aliphatic rings. The molecule has 4 rings (SSSR count). The minimum Gasteiger partial charge on any atom is -0.387 e. The summed E-state index contributed by atoms with van der Waals surface area (Å²) in [6.45, 7) is 4.32. The molecule has 0 aromatic carbocycles. The van der Waals surface area contributed by atoms with Crippen LogP contribution in [0.4, 0.5) is 4.39 Å². The Kier molecular flexibility index (Phi) is 8.12. The molecular formula is C26H45FN2O4S. The average Bonchev–Trinajstić information content (AvgIpc) is 3.19. The van der Waals surface area contributed by atoms with E-state index < -0.39 is 22.3 Å². The van der Waals surface area contributed by atoms with E-state index in [1.165, 1.54) is 23.4 Å². The van der Waals surface area contributed by atoms with Crippen molar-refractivity contribution in [3.63, 3.8) is 0 Å². The minimum atomic E-state index is -3.16. The summed E-state index contributed by atoms with van der Waals surface area (Å²) in [5.41, 5.74) is -1.04. The second kappa shape index (κ2) is 10.4. The molecule has 0 spiro atoms. The standard InChI is InChI=1S/C26H45FN2O4S/c1-25(11-8-20-5-3-6-21-17-26(31,19-27)12-9-22(20)21)10-4-7-23(25)24(30)18-28-13-15-29(16-14-28)34(2,32)33/h20-23,31H,3-19H2,1-2H3. The van der Waals surface area contributed by atoms with Crippen LogP contribution in [0.5, 0.6) is 0 Å². The first-order valence-electron chi connectivity index (χ1n) is 13.5. The number of rotatable bonds is 8. The van der Waals surface area contributed by atoms with Crippen LogP contribution in [0.1, 0.15) is 77.6 Å². The first-order valence-corrected chi connectivity index (χ1v) is 15.4. The second-order valence-corrected chi connectivity index (χ2v) is 14.2. The van der Waals surface area contributed by atoms with Crippen molar-refractivity contribution in [1.29, 1.82) is 0 Å². The van der Waals surface area contributed by atoms with Crippen molar-refractivity contribution < 1.29 is 22.7 Å². The van der Waals surface area contributed by atoms with Crippen molar-refractivity contribution in [2.24, 2.45) is 29.1 Å². The van der Waals surface area contributed by atoms with Crippen LogP contribution in [0, 0.1) is 29.1 Å². The van der Waals surface area contributed by atoms with E-state index in [4.69, 9.17) is 0 Å². The lowest BCUT2D eigenvalue weighted by molar-refractivity contribution is -0.127. The molecule has 6 nitrogen and oxygen atoms in total. The highest BCUT2D eigenvalue weighted by Crippen LogP contribution is 2.52. The van der Waals surface area contributed by atoms with Crippen molar-refractivity contribution >= 4 is 15.8 Å². The molecule has 1 aliphatic heterocycles. The van der Waals surface area contributed by atoms with Crippen LogP contribution >= 0.6 is 0 Å². The number of sulfonamides is 1. The van der Waals surface area contributed by atoms with Gasteiger partial charge in [0.2, 0.25) is 10.0 Å². The van der Waals surface area contributed by atoms with Crippen LogP contribution in [0.2, 0.25) is 0 Å². The van der Waals surface area contributed by atoms with Crippen molar-refractivity contribution in [3.05, 3.63) is 0 Å². The number of fused-ring (bicyclic) bond motifs is 1. The molecular weight excluding hydrogens is 455 g/mol. The fourth-order valence-electron chi connectivity index (χ4n) is 7.83. The summed E-state index contributed by atoms with van der Waals surface area (Å²) in [6, 6.07) is 0. The summed E-state index contributed by atoms with van der Waals surface area (Å²) >= 11 is 0. The number of nitrogens with zero attached hydrogens (tertiary/aromatic N) is 2. The Morgan fingerprint density at radius 2 is 1.79 bits per heavy atom. The van der Waals surface area contributed by atoms with Gasteiger partial charge in [-0.25, -0.2) is 12.8 Å². The Labute approximate surface area is 205 Å². The Bertz CT molecular complexity index is 831. The molecule has 0 radical (unpaired) electrons. The molecule has 1 saturated heterocycles. The fraction of sp³-hybridized carbons (Fsp3) is 0.962. The fourth-order valence-corrected chi connectivity index (χ4v) is 8.66. The lowest BCUT2D eigenvalue weighted by Gasteiger charge is -2.47. The Balaban J connectivity index is 1.30. The Hall–Kier alpha value is -0.570. The van der Waals surface area contributed by atoms with Gasteiger partial charge in [-0.1, -0.05) is 32.6 Å². The van der Waals surface area contributed by atoms with E-state index in [2.05, 4.69) is 11.8 Å². The smallest absolute Gasteiger partial charge is 0.211 e. The van der Waals surface area contributed by atoms with Gasteiger partial charge < -0.3 is 5.11 Å². The van der Waals surface area contributed by atoms with Gasteiger partial charge in [0.1, 0.15) is 12.5 Å². The van der Waals surface area contributed by atoms with Gasteiger partial charge in [0.05, 0.1) is 18.4 Å². The zero-order chi connectivity index (χ0) is 24.6. The van der Waals surface area contributed by atoms with Gasteiger partial charge in [-0.2, -0.15) is 4.31 Å². The highest BCUT2D eigenvalue weighted by Gasteiger charge is 2.46. The topological polar surface area (TPSA) is 77.9 Å². The van der Waals surface area contributed by atoms with Crippen LogP contribution in [-0.2, 0) is 14.8 Å². The summed E-state index contributed by atoms with van der Waals surface area (Å²) in [7, 11) is -3.16. The zero-order valence-electron chi connectivity index (χ0n) is 21.2. The van der Waals surface area contributed by atoms with E-state index >= 15 is 0 Å². The van der Waals surface area contributed by atoms with Gasteiger partial charge in [-0.3, -0.25) is 9.69 Å². The molecule has 1 heterocycles. The van der Waals surface area contributed by atoms with E-state index in [1.807, 2.05) is 0 Å². The van der Waals surface area contributed by atoms with E-state index in [0.29, 0.717) is 69.1 Å². The molecule has 0 aromatic heterocycles. The summed E-state index contributed by atoms with van der Waals surface area (Å²) in [4.78, 5) is 15.5. The highest BCUT2D eigenvalue weighted by molar-refractivity contribution is 7.88. The van der Waals surface area contributed by atoms with E-state index in [0.717, 1.165) is 44.9 Å². The van der Waals surface area contributed by atoms with Gasteiger partial charge in [0.25, 0.3) is 0 Å². The largest absolute Gasteiger partial charge is 0.387 e.